The van der Waals surface area contributed by atoms with Crippen LogP contribution in [0.25, 0.3) is 0 Å². The van der Waals surface area contributed by atoms with Crippen molar-refractivity contribution in [3.8, 4) is 0 Å². The molecule has 4 aliphatic carbocycles. The van der Waals surface area contributed by atoms with Gasteiger partial charge in [0.2, 0.25) is 0 Å². The van der Waals surface area contributed by atoms with E-state index in [1.165, 1.54) is 0 Å². The first kappa shape index (κ1) is 24.1. The zero-order valence-electron chi connectivity index (χ0n) is 20.5. The standard InChI is InChI=1S/C27H42O5/c1-16(22(29)9-10-24(2,3)31)18-8-13-27(32)20-15-23(30)21-14-17(28)6-11-25(21,4)19(20)7-12-26(18,27)5/h15-16,18-19,21-22,29,31-32H,6-14H2,1-5H3. The normalized spacial score (nSPS) is 43.8. The van der Waals surface area contributed by atoms with E-state index < -0.39 is 22.7 Å². The van der Waals surface area contributed by atoms with E-state index in [1.54, 1.807) is 19.9 Å². The minimum atomic E-state index is -1.03. The third-order valence-electron chi connectivity index (χ3n) is 10.3. The molecule has 4 aliphatic rings. The Kier molecular flexibility index (Phi) is 5.83. The van der Waals surface area contributed by atoms with E-state index in [0.717, 1.165) is 31.3 Å². The first-order valence-corrected chi connectivity index (χ1v) is 12.6. The number of carbonyl (C=O) groups is 2. The van der Waals surface area contributed by atoms with Crippen LogP contribution < -0.4 is 0 Å². The number of ketones is 2. The molecule has 0 aromatic heterocycles. The molecule has 8 unspecified atom stereocenters. The van der Waals surface area contributed by atoms with E-state index in [2.05, 4.69) is 20.8 Å². The predicted octanol–water partition coefficient (Wildman–Crippen LogP) is 3.98. The highest BCUT2D eigenvalue weighted by Gasteiger charge is 2.66. The van der Waals surface area contributed by atoms with E-state index >= 15 is 0 Å². The van der Waals surface area contributed by atoms with Crippen LogP contribution in [-0.4, -0.2) is 44.2 Å². The van der Waals surface area contributed by atoms with Crippen molar-refractivity contribution in [1.29, 1.82) is 0 Å². The lowest BCUT2D eigenvalue weighted by Crippen LogP contribution is -2.59. The van der Waals surface area contributed by atoms with Gasteiger partial charge in [-0.2, -0.15) is 0 Å². The Morgan fingerprint density at radius 1 is 1.12 bits per heavy atom. The molecule has 3 N–H and O–H groups in total. The van der Waals surface area contributed by atoms with E-state index in [-0.39, 0.29) is 40.7 Å². The quantitative estimate of drug-likeness (QED) is 0.594. The van der Waals surface area contributed by atoms with E-state index in [0.29, 0.717) is 32.1 Å². The first-order valence-electron chi connectivity index (χ1n) is 12.6. The SMILES string of the molecule is CC(C(O)CCC(C)(C)O)C1CCC2(O)C3=CC(=O)C4CC(=O)CCC4(C)C3CCC12C. The maximum absolute atomic E-state index is 13.2. The fourth-order valence-electron chi connectivity index (χ4n) is 8.05. The summed E-state index contributed by atoms with van der Waals surface area (Å²) < 4.78 is 0. The smallest absolute Gasteiger partial charge is 0.159 e. The number of carbonyl (C=O) groups excluding carboxylic acids is 2. The van der Waals surface area contributed by atoms with Crippen molar-refractivity contribution in [2.24, 2.45) is 34.5 Å². The Morgan fingerprint density at radius 2 is 1.81 bits per heavy atom. The third kappa shape index (κ3) is 3.54. The molecular weight excluding hydrogens is 404 g/mol. The number of aliphatic hydroxyl groups is 3. The average Bonchev–Trinajstić information content (AvgIpc) is 2.98. The lowest BCUT2D eigenvalue weighted by molar-refractivity contribution is -0.145. The molecule has 4 rings (SSSR count). The summed E-state index contributed by atoms with van der Waals surface area (Å²) >= 11 is 0. The maximum atomic E-state index is 13.2. The van der Waals surface area contributed by atoms with Crippen LogP contribution in [-0.2, 0) is 9.59 Å². The monoisotopic (exact) mass is 446 g/mol. The van der Waals surface area contributed by atoms with Gasteiger partial charge in [-0.1, -0.05) is 20.8 Å². The van der Waals surface area contributed by atoms with Crippen LogP contribution in [0.15, 0.2) is 11.6 Å². The zero-order chi connectivity index (χ0) is 23.7. The Morgan fingerprint density at radius 3 is 2.47 bits per heavy atom. The molecule has 0 spiro atoms. The molecule has 180 valence electrons. The summed E-state index contributed by atoms with van der Waals surface area (Å²) in [5, 5.41) is 33.2. The first-order chi connectivity index (χ1) is 14.7. The molecule has 0 amide bonds. The molecule has 5 heteroatoms. The number of aliphatic hydroxyl groups excluding tert-OH is 1. The third-order valence-corrected chi connectivity index (χ3v) is 10.3. The molecule has 32 heavy (non-hydrogen) atoms. The zero-order valence-corrected chi connectivity index (χ0v) is 20.5. The minimum absolute atomic E-state index is 0.00320. The van der Waals surface area contributed by atoms with Gasteiger partial charge in [-0.05, 0) is 93.6 Å². The van der Waals surface area contributed by atoms with Gasteiger partial charge in [0, 0.05) is 24.2 Å². The molecule has 3 saturated carbocycles. The molecule has 0 heterocycles. The van der Waals surface area contributed by atoms with E-state index in [1.807, 2.05) is 0 Å². The second-order valence-corrected chi connectivity index (χ2v) is 12.6. The highest BCUT2D eigenvalue weighted by molar-refractivity contribution is 5.98. The molecule has 0 aromatic carbocycles. The maximum Gasteiger partial charge on any atom is 0.159 e. The van der Waals surface area contributed by atoms with Crippen LogP contribution in [0.4, 0.5) is 0 Å². The second-order valence-electron chi connectivity index (χ2n) is 12.6. The molecule has 0 bridgehead atoms. The van der Waals surface area contributed by atoms with Crippen molar-refractivity contribution < 1.29 is 24.9 Å². The Balaban J connectivity index is 1.62. The number of hydrogen-bond donors (Lipinski definition) is 3. The summed E-state index contributed by atoms with van der Waals surface area (Å²) in [5.41, 5.74) is -1.57. The molecular formula is C27H42O5. The fourth-order valence-corrected chi connectivity index (χ4v) is 8.05. The van der Waals surface area contributed by atoms with Gasteiger partial charge in [-0.15, -0.1) is 0 Å². The van der Waals surface area contributed by atoms with Crippen LogP contribution >= 0.6 is 0 Å². The van der Waals surface area contributed by atoms with Crippen molar-refractivity contribution in [2.75, 3.05) is 0 Å². The van der Waals surface area contributed by atoms with Gasteiger partial charge >= 0.3 is 0 Å². The average molecular weight is 447 g/mol. The molecule has 0 aliphatic heterocycles. The Labute approximate surface area is 192 Å². The van der Waals surface area contributed by atoms with Crippen LogP contribution in [0.5, 0.6) is 0 Å². The van der Waals surface area contributed by atoms with Gasteiger partial charge in [0.25, 0.3) is 0 Å². The van der Waals surface area contributed by atoms with Crippen molar-refractivity contribution in [2.45, 2.75) is 110 Å². The summed E-state index contributed by atoms with van der Waals surface area (Å²) in [7, 11) is 0. The van der Waals surface area contributed by atoms with Crippen molar-refractivity contribution >= 4 is 11.6 Å². The summed E-state index contributed by atoms with van der Waals surface area (Å²) in [5.74, 6) is 0.261. The van der Waals surface area contributed by atoms with Crippen LogP contribution in [0, 0.1) is 34.5 Å². The fraction of sp³-hybridized carbons (Fsp3) is 0.852. The van der Waals surface area contributed by atoms with Crippen LogP contribution in [0.1, 0.15) is 92.4 Å². The van der Waals surface area contributed by atoms with Crippen molar-refractivity contribution in [1.82, 2.24) is 0 Å². The molecule has 3 fully saturated rings. The van der Waals surface area contributed by atoms with Crippen LogP contribution in [0.2, 0.25) is 0 Å². The molecule has 0 radical (unpaired) electrons. The Hall–Kier alpha value is -1.04. The predicted molar refractivity (Wildman–Crippen MR) is 123 cm³/mol. The van der Waals surface area contributed by atoms with Crippen LogP contribution in [0.3, 0.4) is 0 Å². The Bertz CT molecular complexity index is 824. The van der Waals surface area contributed by atoms with Gasteiger partial charge in [0.1, 0.15) is 5.78 Å². The minimum Gasteiger partial charge on any atom is -0.393 e. The van der Waals surface area contributed by atoms with Gasteiger partial charge in [-0.3, -0.25) is 9.59 Å². The summed E-state index contributed by atoms with van der Waals surface area (Å²) in [6.45, 7) is 9.93. The lowest BCUT2D eigenvalue weighted by atomic mass is 9.46. The van der Waals surface area contributed by atoms with Crippen molar-refractivity contribution in [3.05, 3.63) is 11.6 Å². The highest BCUT2D eigenvalue weighted by Crippen LogP contribution is 2.68. The number of allylic oxidation sites excluding steroid dienone is 1. The second kappa shape index (κ2) is 7.74. The molecule has 5 nitrogen and oxygen atoms in total. The van der Waals surface area contributed by atoms with Gasteiger partial charge < -0.3 is 15.3 Å². The van der Waals surface area contributed by atoms with E-state index in [9.17, 15) is 24.9 Å². The van der Waals surface area contributed by atoms with Gasteiger partial charge in [-0.25, -0.2) is 0 Å². The topological polar surface area (TPSA) is 94.8 Å². The van der Waals surface area contributed by atoms with Gasteiger partial charge in [0.05, 0.1) is 17.3 Å². The van der Waals surface area contributed by atoms with Gasteiger partial charge in [0.15, 0.2) is 5.78 Å². The molecule has 0 aromatic rings. The summed E-state index contributed by atoms with van der Waals surface area (Å²) in [6, 6.07) is 0. The highest BCUT2D eigenvalue weighted by atomic mass is 16.3. The molecule has 0 saturated heterocycles. The number of Topliss-reactive ketones (excluding diaryl/α,β-unsaturated/α-hetero) is 1. The largest absolute Gasteiger partial charge is 0.393 e. The number of fused-ring (bicyclic) bond motifs is 5. The summed E-state index contributed by atoms with van der Waals surface area (Å²) in [6.07, 6.45) is 7.08. The lowest BCUT2D eigenvalue weighted by Gasteiger charge is -2.59. The van der Waals surface area contributed by atoms with E-state index in [4.69, 9.17) is 0 Å². The number of hydrogen-bond acceptors (Lipinski definition) is 5. The number of rotatable bonds is 5. The van der Waals surface area contributed by atoms with Crippen molar-refractivity contribution in [3.63, 3.8) is 0 Å². The molecule has 8 atom stereocenters. The summed E-state index contributed by atoms with van der Waals surface area (Å²) in [4.78, 5) is 25.3.